The van der Waals surface area contributed by atoms with Gasteiger partial charge in [-0.1, -0.05) is 18.3 Å². The van der Waals surface area contributed by atoms with E-state index in [0.29, 0.717) is 5.13 Å². The maximum absolute atomic E-state index is 11.9. The zero-order chi connectivity index (χ0) is 12.4. The molecule has 6 heteroatoms. The SMILES string of the molecule is CCc1sc(C(=O)Nc2nnc(C)s2)cc1C. The predicted molar refractivity (Wildman–Crippen MR) is 71.0 cm³/mol. The van der Waals surface area contributed by atoms with E-state index in [0.717, 1.165) is 16.3 Å². The van der Waals surface area contributed by atoms with Gasteiger partial charge in [-0.25, -0.2) is 0 Å². The molecule has 0 spiro atoms. The first kappa shape index (κ1) is 12.2. The molecule has 2 heterocycles. The number of nitrogens with one attached hydrogen (secondary N) is 1. The first-order chi connectivity index (χ1) is 8.10. The van der Waals surface area contributed by atoms with Crippen molar-refractivity contribution in [2.45, 2.75) is 27.2 Å². The zero-order valence-electron chi connectivity index (χ0n) is 9.90. The van der Waals surface area contributed by atoms with Crippen molar-refractivity contribution in [3.05, 3.63) is 26.4 Å². The highest BCUT2D eigenvalue weighted by Gasteiger charge is 2.13. The molecule has 2 aromatic heterocycles. The summed E-state index contributed by atoms with van der Waals surface area (Å²) in [6.45, 7) is 5.98. The predicted octanol–water partition coefficient (Wildman–Crippen LogP) is 3.03. The van der Waals surface area contributed by atoms with E-state index in [9.17, 15) is 4.79 Å². The molecule has 0 radical (unpaired) electrons. The fourth-order valence-electron chi connectivity index (χ4n) is 1.49. The molecule has 17 heavy (non-hydrogen) atoms. The third-order valence-corrected chi connectivity index (χ3v) is 4.45. The van der Waals surface area contributed by atoms with E-state index in [4.69, 9.17) is 0 Å². The summed E-state index contributed by atoms with van der Waals surface area (Å²) in [7, 11) is 0. The number of hydrogen-bond acceptors (Lipinski definition) is 5. The van der Waals surface area contributed by atoms with Gasteiger partial charge in [0, 0.05) is 4.88 Å². The minimum Gasteiger partial charge on any atom is -0.296 e. The average Bonchev–Trinajstić information content (AvgIpc) is 2.85. The number of thiophene rings is 1. The van der Waals surface area contributed by atoms with Gasteiger partial charge in [-0.05, 0) is 31.9 Å². The maximum Gasteiger partial charge on any atom is 0.267 e. The van der Waals surface area contributed by atoms with E-state index in [2.05, 4.69) is 22.4 Å². The van der Waals surface area contributed by atoms with Gasteiger partial charge in [0.05, 0.1) is 4.88 Å². The zero-order valence-corrected chi connectivity index (χ0v) is 11.5. The summed E-state index contributed by atoms with van der Waals surface area (Å²) in [5.74, 6) is -0.103. The van der Waals surface area contributed by atoms with E-state index in [1.807, 2.05) is 19.9 Å². The van der Waals surface area contributed by atoms with Gasteiger partial charge in [0.1, 0.15) is 5.01 Å². The molecule has 1 amide bonds. The molecule has 90 valence electrons. The first-order valence-corrected chi connectivity index (χ1v) is 6.94. The third-order valence-electron chi connectivity index (χ3n) is 2.31. The van der Waals surface area contributed by atoms with E-state index in [-0.39, 0.29) is 5.91 Å². The van der Waals surface area contributed by atoms with Crippen LogP contribution < -0.4 is 5.32 Å². The van der Waals surface area contributed by atoms with E-state index >= 15 is 0 Å². The number of anilines is 1. The Morgan fingerprint density at radius 3 is 2.65 bits per heavy atom. The van der Waals surface area contributed by atoms with Crippen LogP contribution in [-0.2, 0) is 6.42 Å². The van der Waals surface area contributed by atoms with Crippen molar-refractivity contribution in [1.82, 2.24) is 10.2 Å². The van der Waals surface area contributed by atoms with Crippen LogP contribution in [0.25, 0.3) is 0 Å². The van der Waals surface area contributed by atoms with Crippen LogP contribution in [0.1, 0.15) is 32.0 Å². The number of hydrogen-bond donors (Lipinski definition) is 1. The van der Waals surface area contributed by atoms with Crippen LogP contribution in [-0.4, -0.2) is 16.1 Å². The second-order valence-corrected chi connectivity index (χ2v) is 5.97. The lowest BCUT2D eigenvalue weighted by molar-refractivity contribution is 0.103. The van der Waals surface area contributed by atoms with Crippen molar-refractivity contribution in [2.75, 3.05) is 5.32 Å². The Bertz CT molecular complexity index is 545. The molecule has 0 aliphatic rings. The molecular weight excluding hydrogens is 254 g/mol. The second-order valence-electron chi connectivity index (χ2n) is 3.65. The summed E-state index contributed by atoms with van der Waals surface area (Å²) in [4.78, 5) is 13.9. The van der Waals surface area contributed by atoms with Gasteiger partial charge in [-0.2, -0.15) is 0 Å². The number of carbonyl (C=O) groups excluding carboxylic acids is 1. The van der Waals surface area contributed by atoms with Gasteiger partial charge in [0.25, 0.3) is 5.91 Å². The third kappa shape index (κ3) is 2.70. The van der Waals surface area contributed by atoms with E-state index in [1.54, 1.807) is 0 Å². The number of carbonyl (C=O) groups is 1. The summed E-state index contributed by atoms with van der Waals surface area (Å²) in [6, 6.07) is 1.92. The molecule has 0 saturated heterocycles. The van der Waals surface area contributed by atoms with Gasteiger partial charge in [-0.15, -0.1) is 21.5 Å². The van der Waals surface area contributed by atoms with Gasteiger partial charge < -0.3 is 0 Å². The lowest BCUT2D eigenvalue weighted by atomic mass is 10.2. The largest absolute Gasteiger partial charge is 0.296 e. The average molecular weight is 267 g/mol. The van der Waals surface area contributed by atoms with Crippen molar-refractivity contribution < 1.29 is 4.79 Å². The Balaban J connectivity index is 2.14. The quantitative estimate of drug-likeness (QED) is 0.930. The van der Waals surface area contributed by atoms with Crippen molar-refractivity contribution in [3.63, 3.8) is 0 Å². The summed E-state index contributed by atoms with van der Waals surface area (Å²) >= 11 is 2.92. The molecular formula is C11H13N3OS2. The molecule has 1 N–H and O–H groups in total. The van der Waals surface area contributed by atoms with Crippen LogP contribution in [0.3, 0.4) is 0 Å². The number of rotatable bonds is 3. The molecule has 2 aromatic rings. The molecule has 0 bridgehead atoms. The summed E-state index contributed by atoms with van der Waals surface area (Å²) in [6.07, 6.45) is 0.960. The Morgan fingerprint density at radius 1 is 1.35 bits per heavy atom. The van der Waals surface area contributed by atoms with E-state index in [1.165, 1.54) is 33.1 Å². The van der Waals surface area contributed by atoms with Gasteiger partial charge in [-0.3, -0.25) is 10.1 Å². The van der Waals surface area contributed by atoms with Gasteiger partial charge >= 0.3 is 0 Å². The fourth-order valence-corrected chi connectivity index (χ4v) is 3.08. The Hall–Kier alpha value is -1.27. The smallest absolute Gasteiger partial charge is 0.267 e. The molecule has 0 aromatic carbocycles. The van der Waals surface area contributed by atoms with Crippen LogP contribution in [0.15, 0.2) is 6.07 Å². The van der Waals surface area contributed by atoms with Crippen LogP contribution >= 0.6 is 22.7 Å². The molecule has 0 aliphatic carbocycles. The van der Waals surface area contributed by atoms with Crippen LogP contribution in [0.2, 0.25) is 0 Å². The highest BCUT2D eigenvalue weighted by atomic mass is 32.1. The molecule has 4 nitrogen and oxygen atoms in total. The molecule has 0 aliphatic heterocycles. The first-order valence-electron chi connectivity index (χ1n) is 5.31. The highest BCUT2D eigenvalue weighted by Crippen LogP contribution is 2.23. The summed E-state index contributed by atoms with van der Waals surface area (Å²) in [5, 5.41) is 11.9. The Labute approximate surface area is 108 Å². The number of nitrogens with zero attached hydrogens (tertiary/aromatic N) is 2. The maximum atomic E-state index is 11.9. The fraction of sp³-hybridized carbons (Fsp3) is 0.364. The number of aryl methyl sites for hydroxylation is 3. The number of amides is 1. The topological polar surface area (TPSA) is 54.9 Å². The monoisotopic (exact) mass is 267 g/mol. The van der Waals surface area contributed by atoms with Crippen LogP contribution in [0.5, 0.6) is 0 Å². The summed E-state index contributed by atoms with van der Waals surface area (Å²) < 4.78 is 0. The lowest BCUT2D eigenvalue weighted by Crippen LogP contribution is -2.09. The Morgan fingerprint density at radius 2 is 2.12 bits per heavy atom. The van der Waals surface area contributed by atoms with Crippen molar-refractivity contribution in [2.24, 2.45) is 0 Å². The van der Waals surface area contributed by atoms with Crippen LogP contribution in [0.4, 0.5) is 5.13 Å². The molecule has 0 unspecified atom stereocenters. The second kappa shape index (κ2) is 4.93. The number of aromatic nitrogens is 2. The normalized spacial score (nSPS) is 10.5. The summed E-state index contributed by atoms with van der Waals surface area (Å²) in [5.41, 5.74) is 1.18. The minimum absolute atomic E-state index is 0.103. The van der Waals surface area contributed by atoms with Crippen LogP contribution in [0, 0.1) is 13.8 Å². The highest BCUT2D eigenvalue weighted by molar-refractivity contribution is 7.16. The lowest BCUT2D eigenvalue weighted by Gasteiger charge is -1.96. The Kier molecular flexibility index (Phi) is 3.54. The molecule has 0 fully saturated rings. The van der Waals surface area contributed by atoms with Crippen molar-refractivity contribution >= 4 is 33.7 Å². The van der Waals surface area contributed by atoms with E-state index < -0.39 is 0 Å². The van der Waals surface area contributed by atoms with Crippen molar-refractivity contribution in [3.8, 4) is 0 Å². The van der Waals surface area contributed by atoms with Gasteiger partial charge in [0.15, 0.2) is 0 Å². The van der Waals surface area contributed by atoms with Gasteiger partial charge in [0.2, 0.25) is 5.13 Å². The molecule has 0 saturated carbocycles. The standard InChI is InChI=1S/C11H13N3OS2/c1-4-8-6(2)5-9(17-8)10(15)12-11-14-13-7(3)16-11/h5H,4H2,1-3H3,(H,12,14,15). The molecule has 2 rings (SSSR count). The van der Waals surface area contributed by atoms with Crippen molar-refractivity contribution in [1.29, 1.82) is 0 Å². The minimum atomic E-state index is -0.103. The molecule has 0 atom stereocenters.